The Morgan fingerprint density at radius 1 is 0.460 bits per heavy atom. The molecule has 0 radical (unpaired) electrons. The largest absolute Gasteiger partial charge is 0.477 e. The molecule has 0 aliphatic heterocycles. The van der Waals surface area contributed by atoms with Crippen LogP contribution in [0.1, 0.15) is 11.1 Å². The lowest BCUT2D eigenvalue weighted by molar-refractivity contribution is -0.133. The summed E-state index contributed by atoms with van der Waals surface area (Å²) in [6.07, 6.45) is 9.12. The van der Waals surface area contributed by atoms with Gasteiger partial charge in [0, 0.05) is 34.1 Å². The summed E-state index contributed by atoms with van der Waals surface area (Å²) in [5.74, 6) is -2.54. The van der Waals surface area contributed by atoms with Crippen molar-refractivity contribution in [3.05, 3.63) is 180 Å². The molecular weight excluding hydrogens is 624 g/mol. The molecule has 2 N–H and O–H groups in total. The number of carboxylic acid groups (broad SMARTS) is 2. The Balaban J connectivity index is 1.45. The first kappa shape index (κ1) is 33.9. The summed E-state index contributed by atoms with van der Waals surface area (Å²) in [5, 5.41) is 36.1. The van der Waals surface area contributed by atoms with E-state index in [0.29, 0.717) is 0 Å². The Hall–Kier alpha value is -7.42. The summed E-state index contributed by atoms with van der Waals surface area (Å²) in [6.45, 7) is 0. The SMILES string of the molecule is N#C/C(=C\C=C\c1ccc(N(c2ccccc2)c2ccc(N(c3ccccc3)c3ccc(/C=C/C=C(\C#N)C(=O)O)cc3)cc2)cc1)C(=O)O. The van der Waals surface area contributed by atoms with E-state index in [2.05, 4.69) is 34.1 Å². The highest BCUT2D eigenvalue weighted by molar-refractivity contribution is 5.92. The Kier molecular flexibility index (Phi) is 11.1. The molecule has 8 heteroatoms. The van der Waals surface area contributed by atoms with Gasteiger partial charge >= 0.3 is 11.9 Å². The van der Waals surface area contributed by atoms with Crippen LogP contribution in [0.3, 0.4) is 0 Å². The van der Waals surface area contributed by atoms with Crippen molar-refractivity contribution in [1.82, 2.24) is 0 Å². The van der Waals surface area contributed by atoms with Crippen LogP contribution < -0.4 is 9.80 Å². The Labute approximate surface area is 289 Å². The third-order valence-electron chi connectivity index (χ3n) is 7.50. The number of aliphatic carboxylic acids is 2. The second kappa shape index (κ2) is 16.4. The van der Waals surface area contributed by atoms with Gasteiger partial charge in [-0.25, -0.2) is 9.59 Å². The lowest BCUT2D eigenvalue weighted by Gasteiger charge is -2.28. The van der Waals surface area contributed by atoms with Gasteiger partial charge in [-0.3, -0.25) is 0 Å². The Morgan fingerprint density at radius 2 is 0.740 bits per heavy atom. The number of hydrogen-bond donors (Lipinski definition) is 2. The summed E-state index contributed by atoms with van der Waals surface area (Å²) in [5.41, 5.74) is 6.67. The monoisotopic (exact) mass is 654 g/mol. The van der Waals surface area contributed by atoms with Crippen molar-refractivity contribution in [2.45, 2.75) is 0 Å². The topological polar surface area (TPSA) is 129 Å². The van der Waals surface area contributed by atoms with Gasteiger partial charge in [0.25, 0.3) is 0 Å². The number of benzene rings is 5. The average Bonchev–Trinajstić information content (AvgIpc) is 3.14. The summed E-state index contributed by atoms with van der Waals surface area (Å²) in [7, 11) is 0. The van der Waals surface area contributed by atoms with Crippen LogP contribution in [-0.2, 0) is 9.59 Å². The number of allylic oxidation sites excluding steroid dienone is 4. The zero-order valence-electron chi connectivity index (χ0n) is 26.7. The molecule has 5 aromatic carbocycles. The molecule has 0 fully saturated rings. The fraction of sp³-hybridized carbons (Fsp3) is 0. The summed E-state index contributed by atoms with van der Waals surface area (Å²) < 4.78 is 0. The van der Waals surface area contributed by atoms with Crippen molar-refractivity contribution in [1.29, 1.82) is 10.5 Å². The van der Waals surface area contributed by atoms with Crippen molar-refractivity contribution in [3.63, 3.8) is 0 Å². The molecule has 0 saturated carbocycles. The highest BCUT2D eigenvalue weighted by Gasteiger charge is 2.16. The van der Waals surface area contributed by atoms with E-state index in [1.54, 1.807) is 36.4 Å². The predicted molar refractivity (Wildman–Crippen MR) is 197 cm³/mol. The Bertz CT molecular complexity index is 2000. The number of carboxylic acids is 2. The van der Waals surface area contributed by atoms with E-state index < -0.39 is 11.9 Å². The molecule has 242 valence electrons. The number of anilines is 6. The van der Waals surface area contributed by atoms with Gasteiger partial charge in [-0.2, -0.15) is 10.5 Å². The number of nitriles is 2. The second-order valence-electron chi connectivity index (χ2n) is 10.8. The molecule has 0 aliphatic rings. The van der Waals surface area contributed by atoms with E-state index in [-0.39, 0.29) is 11.1 Å². The summed E-state index contributed by atoms with van der Waals surface area (Å²) in [6, 6.07) is 47.2. The molecular formula is C42H30N4O4. The van der Waals surface area contributed by atoms with Crippen LogP contribution in [0.15, 0.2) is 169 Å². The fourth-order valence-electron chi connectivity index (χ4n) is 5.09. The van der Waals surface area contributed by atoms with Crippen LogP contribution in [0.5, 0.6) is 0 Å². The molecule has 0 atom stereocenters. The minimum Gasteiger partial charge on any atom is -0.477 e. The summed E-state index contributed by atoms with van der Waals surface area (Å²) in [4.78, 5) is 26.5. The highest BCUT2D eigenvalue weighted by Crippen LogP contribution is 2.39. The van der Waals surface area contributed by atoms with Crippen LogP contribution in [0.25, 0.3) is 12.2 Å². The van der Waals surface area contributed by atoms with Crippen LogP contribution in [-0.4, -0.2) is 22.2 Å². The predicted octanol–water partition coefficient (Wildman–Crippen LogP) is 9.72. The first-order valence-corrected chi connectivity index (χ1v) is 15.4. The van der Waals surface area contributed by atoms with Gasteiger partial charge in [0.2, 0.25) is 0 Å². The van der Waals surface area contributed by atoms with Gasteiger partial charge in [-0.1, -0.05) is 85.0 Å². The normalized spacial score (nSPS) is 11.6. The number of hydrogen-bond acceptors (Lipinski definition) is 6. The molecule has 0 aliphatic carbocycles. The molecule has 0 unspecified atom stereocenters. The van der Waals surface area contributed by atoms with Gasteiger partial charge in [-0.05, 0) is 96.1 Å². The number of carbonyl (C=O) groups is 2. The molecule has 0 saturated heterocycles. The van der Waals surface area contributed by atoms with Gasteiger partial charge < -0.3 is 20.0 Å². The first-order chi connectivity index (χ1) is 24.4. The molecule has 50 heavy (non-hydrogen) atoms. The molecule has 5 aromatic rings. The number of nitrogens with zero attached hydrogens (tertiary/aromatic N) is 4. The third-order valence-corrected chi connectivity index (χ3v) is 7.50. The zero-order valence-corrected chi connectivity index (χ0v) is 26.7. The smallest absolute Gasteiger partial charge is 0.346 e. The van der Waals surface area contributed by atoms with Crippen LogP contribution in [0, 0.1) is 22.7 Å². The molecule has 0 bridgehead atoms. The minimum atomic E-state index is -1.27. The minimum absolute atomic E-state index is 0.338. The van der Waals surface area contributed by atoms with Gasteiger partial charge in [0.15, 0.2) is 0 Å². The van der Waals surface area contributed by atoms with Crippen molar-refractivity contribution in [2.75, 3.05) is 9.80 Å². The van der Waals surface area contributed by atoms with Crippen molar-refractivity contribution >= 4 is 58.2 Å². The molecule has 8 nitrogen and oxygen atoms in total. The molecule has 0 amide bonds. The lowest BCUT2D eigenvalue weighted by Crippen LogP contribution is -2.12. The van der Waals surface area contributed by atoms with E-state index in [1.165, 1.54) is 12.2 Å². The molecule has 0 heterocycles. The molecule has 5 rings (SSSR count). The van der Waals surface area contributed by atoms with Gasteiger partial charge in [0.05, 0.1) is 0 Å². The van der Waals surface area contributed by atoms with E-state index in [0.717, 1.165) is 45.3 Å². The summed E-state index contributed by atoms with van der Waals surface area (Å²) >= 11 is 0. The first-order valence-electron chi connectivity index (χ1n) is 15.4. The van der Waals surface area contributed by atoms with Crippen LogP contribution >= 0.6 is 0 Å². The highest BCUT2D eigenvalue weighted by atomic mass is 16.4. The fourth-order valence-corrected chi connectivity index (χ4v) is 5.09. The van der Waals surface area contributed by atoms with E-state index >= 15 is 0 Å². The zero-order chi connectivity index (χ0) is 35.3. The quantitative estimate of drug-likeness (QED) is 0.0773. The van der Waals surface area contributed by atoms with E-state index in [4.69, 9.17) is 20.7 Å². The van der Waals surface area contributed by atoms with Crippen LogP contribution in [0.2, 0.25) is 0 Å². The second-order valence-corrected chi connectivity index (χ2v) is 10.8. The lowest BCUT2D eigenvalue weighted by atomic mass is 10.1. The molecule has 0 aromatic heterocycles. The maximum atomic E-state index is 11.1. The molecule has 0 spiro atoms. The maximum Gasteiger partial charge on any atom is 0.346 e. The number of para-hydroxylation sites is 2. The van der Waals surface area contributed by atoms with E-state index in [1.807, 2.05) is 109 Å². The van der Waals surface area contributed by atoms with Crippen LogP contribution in [0.4, 0.5) is 34.1 Å². The van der Waals surface area contributed by atoms with Gasteiger partial charge in [-0.15, -0.1) is 0 Å². The van der Waals surface area contributed by atoms with Crippen molar-refractivity contribution in [3.8, 4) is 12.1 Å². The maximum absolute atomic E-state index is 11.1. The average molecular weight is 655 g/mol. The Morgan fingerprint density at radius 3 is 1.02 bits per heavy atom. The van der Waals surface area contributed by atoms with E-state index in [9.17, 15) is 9.59 Å². The van der Waals surface area contributed by atoms with Crippen molar-refractivity contribution in [2.24, 2.45) is 0 Å². The third kappa shape index (κ3) is 8.48. The standard InChI is InChI=1S/C42H30N4O4/c43-29-33(41(47)48)11-7-9-31-17-21-37(22-18-31)45(35-13-3-1-4-14-35)39-25-27-40(28-26-39)46(36-15-5-2-6-16-36)38-23-19-32(20-24-38)10-8-12-34(30-44)42(49)50/h1-28H,(H,47,48)(H,49,50)/b9-7+,10-8+,33-11+,34-12+. The number of rotatable bonds is 12. The van der Waals surface area contributed by atoms with Crippen molar-refractivity contribution < 1.29 is 19.8 Å². The van der Waals surface area contributed by atoms with Gasteiger partial charge in [0.1, 0.15) is 23.3 Å².